The van der Waals surface area contributed by atoms with Crippen LogP contribution in [0.15, 0.2) is 28.7 Å². The average Bonchev–Trinajstić information content (AvgIpc) is 2.89. The van der Waals surface area contributed by atoms with Gasteiger partial charge in [-0.3, -0.25) is 10.1 Å². The molecule has 0 radical (unpaired) electrons. The van der Waals surface area contributed by atoms with E-state index >= 15 is 0 Å². The molecule has 2 rings (SSSR count). The highest BCUT2D eigenvalue weighted by molar-refractivity contribution is 9.10. The molecule has 1 amide bonds. The van der Waals surface area contributed by atoms with Crippen LogP contribution in [-0.2, 0) is 15.1 Å². The van der Waals surface area contributed by atoms with Crippen LogP contribution in [0.5, 0.6) is 0 Å². The van der Waals surface area contributed by atoms with E-state index in [1.807, 2.05) is 31.2 Å². The average molecular weight is 327 g/mol. The van der Waals surface area contributed by atoms with Crippen LogP contribution in [0.3, 0.4) is 0 Å². The van der Waals surface area contributed by atoms with Crippen molar-refractivity contribution in [3.8, 4) is 0 Å². The van der Waals surface area contributed by atoms with Crippen molar-refractivity contribution in [2.24, 2.45) is 5.73 Å². The van der Waals surface area contributed by atoms with Crippen LogP contribution in [-0.4, -0.2) is 25.2 Å². The minimum absolute atomic E-state index is 0.168. The van der Waals surface area contributed by atoms with Gasteiger partial charge < -0.3 is 10.5 Å². The fourth-order valence-corrected chi connectivity index (χ4v) is 2.99. The molecule has 2 unspecified atom stereocenters. The number of nitrogens with two attached hydrogens (primary N) is 1. The maximum Gasteiger partial charge on any atom is 0.242 e. The lowest BCUT2D eigenvalue weighted by molar-refractivity contribution is -0.124. The Morgan fingerprint density at radius 2 is 2.32 bits per heavy atom. The predicted octanol–water partition coefficient (Wildman–Crippen LogP) is 1.92. The minimum Gasteiger partial charge on any atom is -0.377 e. The topological polar surface area (TPSA) is 64.3 Å². The summed E-state index contributed by atoms with van der Waals surface area (Å²) in [6, 6.07) is 7.62. The Morgan fingerprint density at radius 3 is 2.89 bits per heavy atom. The largest absolute Gasteiger partial charge is 0.377 e. The number of carbonyl (C=O) groups excluding carboxylic acids is 1. The highest BCUT2D eigenvalue weighted by Gasteiger charge is 2.35. The number of benzene rings is 1. The number of nitrogens with one attached hydrogen (secondary N) is 1. The summed E-state index contributed by atoms with van der Waals surface area (Å²) < 4.78 is 6.44. The van der Waals surface area contributed by atoms with E-state index in [2.05, 4.69) is 21.2 Å². The third kappa shape index (κ3) is 3.16. The Hall–Kier alpha value is -0.910. The molecule has 4 nitrogen and oxygen atoms in total. The lowest BCUT2D eigenvalue weighted by Crippen LogP contribution is -2.52. The van der Waals surface area contributed by atoms with Gasteiger partial charge in [-0.05, 0) is 31.4 Å². The normalized spacial score (nSPS) is 22.1. The Balaban J connectivity index is 2.17. The third-order valence-electron chi connectivity index (χ3n) is 3.61. The van der Waals surface area contributed by atoms with E-state index in [0.717, 1.165) is 29.5 Å². The van der Waals surface area contributed by atoms with E-state index in [1.54, 1.807) is 0 Å². The van der Waals surface area contributed by atoms with Gasteiger partial charge >= 0.3 is 0 Å². The lowest BCUT2D eigenvalue weighted by Gasteiger charge is -2.30. The number of rotatable bonds is 5. The molecule has 2 atom stereocenters. The van der Waals surface area contributed by atoms with Crippen molar-refractivity contribution in [2.45, 2.75) is 31.4 Å². The van der Waals surface area contributed by atoms with Gasteiger partial charge in [0.2, 0.25) is 5.91 Å². The van der Waals surface area contributed by atoms with Crippen molar-refractivity contribution in [3.63, 3.8) is 0 Å². The number of hydrogen-bond donors (Lipinski definition) is 2. The molecule has 0 bridgehead atoms. The molecular weight excluding hydrogens is 308 g/mol. The summed E-state index contributed by atoms with van der Waals surface area (Å²) in [6.07, 6.45) is 2.27. The van der Waals surface area contributed by atoms with Crippen LogP contribution < -0.4 is 11.1 Å². The lowest BCUT2D eigenvalue weighted by atomic mass is 9.91. The summed E-state index contributed by atoms with van der Waals surface area (Å²) in [5.74, 6) is -0.391. The first kappa shape index (κ1) is 14.5. The summed E-state index contributed by atoms with van der Waals surface area (Å²) in [6.45, 7) is 3.24. The van der Waals surface area contributed by atoms with E-state index in [4.69, 9.17) is 10.5 Å². The quantitative estimate of drug-likeness (QED) is 0.868. The van der Waals surface area contributed by atoms with Crippen molar-refractivity contribution < 1.29 is 9.53 Å². The molecule has 1 heterocycles. The van der Waals surface area contributed by atoms with Gasteiger partial charge in [0.15, 0.2) is 0 Å². The zero-order chi connectivity index (χ0) is 13.9. The van der Waals surface area contributed by atoms with Crippen LogP contribution in [0.1, 0.15) is 25.3 Å². The zero-order valence-electron chi connectivity index (χ0n) is 11.0. The number of hydrogen-bond acceptors (Lipinski definition) is 3. The minimum atomic E-state index is -0.897. The Morgan fingerprint density at radius 1 is 1.58 bits per heavy atom. The van der Waals surface area contributed by atoms with Crippen LogP contribution in [0.25, 0.3) is 0 Å². The maximum atomic E-state index is 11.9. The predicted molar refractivity (Wildman–Crippen MR) is 77.7 cm³/mol. The molecule has 0 spiro atoms. The summed E-state index contributed by atoms with van der Waals surface area (Å²) in [4.78, 5) is 11.9. The van der Waals surface area contributed by atoms with E-state index in [1.165, 1.54) is 0 Å². The molecule has 3 N–H and O–H groups in total. The van der Waals surface area contributed by atoms with Gasteiger partial charge in [0.25, 0.3) is 0 Å². The number of carbonyl (C=O) groups is 1. The standard InChI is InChI=1S/C14H19BrN2O2/c1-14(13(16)18,11-6-2-3-7-12(11)15)17-9-10-5-4-8-19-10/h2-3,6-7,10,17H,4-5,8-9H2,1H3,(H2,16,18). The van der Waals surface area contributed by atoms with E-state index < -0.39 is 11.4 Å². The van der Waals surface area contributed by atoms with Gasteiger partial charge in [0.05, 0.1) is 6.10 Å². The molecule has 1 fully saturated rings. The van der Waals surface area contributed by atoms with Crippen LogP contribution >= 0.6 is 15.9 Å². The molecule has 0 saturated carbocycles. The highest BCUT2D eigenvalue weighted by Crippen LogP contribution is 2.28. The Bertz CT molecular complexity index is 461. The van der Waals surface area contributed by atoms with Crippen molar-refractivity contribution in [2.75, 3.05) is 13.2 Å². The Labute approximate surface area is 121 Å². The third-order valence-corrected chi connectivity index (χ3v) is 4.30. The second-order valence-electron chi connectivity index (χ2n) is 4.99. The summed E-state index contributed by atoms with van der Waals surface area (Å²) in [5.41, 5.74) is 5.54. The molecule has 0 aromatic heterocycles. The first-order valence-corrected chi connectivity index (χ1v) is 7.25. The van der Waals surface area contributed by atoms with E-state index in [-0.39, 0.29) is 6.10 Å². The molecule has 1 aliphatic heterocycles. The first-order valence-electron chi connectivity index (χ1n) is 6.45. The Kier molecular flexibility index (Phi) is 4.60. The maximum absolute atomic E-state index is 11.9. The number of ether oxygens (including phenoxy) is 1. The second-order valence-corrected chi connectivity index (χ2v) is 5.84. The molecule has 1 aromatic rings. The highest BCUT2D eigenvalue weighted by atomic mass is 79.9. The van der Waals surface area contributed by atoms with Crippen LogP contribution in [0.2, 0.25) is 0 Å². The monoisotopic (exact) mass is 326 g/mol. The van der Waals surface area contributed by atoms with Crippen LogP contribution in [0, 0.1) is 0 Å². The smallest absolute Gasteiger partial charge is 0.242 e. The molecule has 1 saturated heterocycles. The summed E-state index contributed by atoms with van der Waals surface area (Å²) >= 11 is 3.47. The van der Waals surface area contributed by atoms with Gasteiger partial charge in [-0.25, -0.2) is 0 Å². The van der Waals surface area contributed by atoms with Crippen molar-refractivity contribution >= 4 is 21.8 Å². The van der Waals surface area contributed by atoms with Gasteiger partial charge in [0, 0.05) is 17.6 Å². The van der Waals surface area contributed by atoms with Crippen molar-refractivity contribution in [1.82, 2.24) is 5.32 Å². The summed E-state index contributed by atoms with van der Waals surface area (Å²) in [5, 5.41) is 3.27. The fraction of sp³-hybridized carbons (Fsp3) is 0.500. The number of primary amides is 1. The first-order chi connectivity index (χ1) is 9.04. The van der Waals surface area contributed by atoms with Crippen molar-refractivity contribution in [3.05, 3.63) is 34.3 Å². The molecule has 1 aromatic carbocycles. The molecule has 1 aliphatic rings. The number of amides is 1. The van der Waals surface area contributed by atoms with Crippen molar-refractivity contribution in [1.29, 1.82) is 0 Å². The molecule has 104 valence electrons. The summed E-state index contributed by atoms with van der Waals surface area (Å²) in [7, 11) is 0. The fourth-order valence-electron chi connectivity index (χ4n) is 2.31. The van der Waals surface area contributed by atoms with E-state index in [9.17, 15) is 4.79 Å². The van der Waals surface area contributed by atoms with Crippen LogP contribution in [0.4, 0.5) is 0 Å². The molecule has 5 heteroatoms. The second kappa shape index (κ2) is 6.03. The van der Waals surface area contributed by atoms with E-state index in [0.29, 0.717) is 6.54 Å². The number of halogens is 1. The molecular formula is C14H19BrN2O2. The van der Waals surface area contributed by atoms with Gasteiger partial charge in [-0.2, -0.15) is 0 Å². The SMILES string of the molecule is CC(NCC1CCCO1)(C(N)=O)c1ccccc1Br. The van der Waals surface area contributed by atoms with Gasteiger partial charge in [0.1, 0.15) is 5.54 Å². The van der Waals surface area contributed by atoms with Gasteiger partial charge in [-0.15, -0.1) is 0 Å². The zero-order valence-corrected chi connectivity index (χ0v) is 12.6. The van der Waals surface area contributed by atoms with Gasteiger partial charge in [-0.1, -0.05) is 34.1 Å². The molecule has 0 aliphatic carbocycles. The molecule has 19 heavy (non-hydrogen) atoms.